The molecule has 0 aliphatic rings. The van der Waals surface area contributed by atoms with Gasteiger partial charge in [-0.2, -0.15) is 0 Å². The molecular weight excluding hydrogens is 437 g/mol. The number of halogens is 3. The quantitative estimate of drug-likeness (QED) is 0.448. The molecule has 2 nitrogen and oxygen atoms in total. The van der Waals surface area contributed by atoms with E-state index in [0.29, 0.717) is 0 Å². The van der Waals surface area contributed by atoms with Crippen LogP contribution in [0.5, 0.6) is 0 Å². The van der Waals surface area contributed by atoms with Gasteiger partial charge in [-0.15, -0.1) is 0 Å². The minimum absolute atomic E-state index is 0.784. The first kappa shape index (κ1) is 8.66. The van der Waals surface area contributed by atoms with Crippen molar-refractivity contribution in [1.29, 1.82) is 0 Å². The molecular formula is C2I3O2-. The van der Waals surface area contributed by atoms with E-state index in [1.54, 1.807) is 67.8 Å². The average Bonchev–Trinajstić information content (AvgIpc) is 1.31. The number of carbonyl (C=O) groups is 1. The summed E-state index contributed by atoms with van der Waals surface area (Å²) in [4.78, 5) is 9.89. The molecule has 0 atom stereocenters. The topological polar surface area (TPSA) is 40.1 Å². The molecule has 0 rings (SSSR count). The van der Waals surface area contributed by atoms with Crippen molar-refractivity contribution in [3.05, 3.63) is 0 Å². The highest BCUT2D eigenvalue weighted by Crippen LogP contribution is 2.34. The summed E-state index contributed by atoms with van der Waals surface area (Å²) in [6.45, 7) is 0. The molecule has 0 heterocycles. The second-order valence-electron chi connectivity index (χ2n) is 0.785. The van der Waals surface area contributed by atoms with Crippen molar-refractivity contribution < 1.29 is 9.90 Å². The maximum absolute atomic E-state index is 9.89. The third-order valence-corrected chi connectivity index (χ3v) is 1.55. The molecule has 0 aliphatic heterocycles. The molecule has 7 heavy (non-hydrogen) atoms. The van der Waals surface area contributed by atoms with Gasteiger partial charge >= 0.3 is 0 Å². The van der Waals surface area contributed by atoms with Crippen LogP contribution in [-0.4, -0.2) is 5.40 Å². The lowest BCUT2D eigenvalue weighted by molar-refractivity contribution is -0.302. The molecule has 0 amide bonds. The van der Waals surface area contributed by atoms with E-state index in [2.05, 4.69) is 0 Å². The Labute approximate surface area is 81.8 Å². The SMILES string of the molecule is O=C([O-])C(I)(I)I. The largest absolute Gasteiger partial charge is 0.547 e. The summed E-state index contributed by atoms with van der Waals surface area (Å²) in [5, 5.41) is 9.89. The van der Waals surface area contributed by atoms with Crippen molar-refractivity contribution in [2.75, 3.05) is 0 Å². The van der Waals surface area contributed by atoms with Gasteiger partial charge in [-0.25, -0.2) is 0 Å². The van der Waals surface area contributed by atoms with Crippen LogP contribution in [0.4, 0.5) is 0 Å². The van der Waals surface area contributed by atoms with E-state index in [4.69, 9.17) is 0 Å². The van der Waals surface area contributed by atoms with Gasteiger partial charge in [-0.1, -0.05) is 0 Å². The van der Waals surface area contributed by atoms with E-state index in [-0.39, 0.29) is 0 Å². The molecule has 0 saturated heterocycles. The highest BCUT2D eigenvalue weighted by Gasteiger charge is 2.17. The lowest BCUT2D eigenvalue weighted by Gasteiger charge is -2.11. The molecule has 0 N–H and O–H groups in total. The third kappa shape index (κ3) is 4.18. The van der Waals surface area contributed by atoms with Crippen LogP contribution in [0.1, 0.15) is 0 Å². The fraction of sp³-hybridized carbons (Fsp3) is 0.500. The zero-order chi connectivity index (χ0) is 6.08. The van der Waals surface area contributed by atoms with Gasteiger partial charge in [0.2, 0.25) is 0 Å². The minimum Gasteiger partial charge on any atom is -0.547 e. The molecule has 0 spiro atoms. The fourth-order valence-corrected chi connectivity index (χ4v) is 0. The van der Waals surface area contributed by atoms with Crippen molar-refractivity contribution in [2.45, 2.75) is -0.565 Å². The van der Waals surface area contributed by atoms with Crippen molar-refractivity contribution in [3.8, 4) is 0 Å². The number of rotatable bonds is 1. The zero-order valence-corrected chi connectivity index (χ0v) is 9.42. The monoisotopic (exact) mass is 437 g/mol. The van der Waals surface area contributed by atoms with Gasteiger partial charge in [0, 0.05) is 0 Å². The Morgan fingerprint density at radius 3 is 1.57 bits per heavy atom. The highest BCUT2D eigenvalue weighted by atomic mass is 127. The van der Waals surface area contributed by atoms with Crippen LogP contribution >= 0.6 is 67.8 Å². The van der Waals surface area contributed by atoms with E-state index in [9.17, 15) is 9.90 Å². The zero-order valence-electron chi connectivity index (χ0n) is 2.95. The number of hydrogen-bond acceptors (Lipinski definition) is 2. The van der Waals surface area contributed by atoms with Gasteiger partial charge in [0.25, 0.3) is 0 Å². The lowest BCUT2D eigenvalue weighted by Crippen LogP contribution is -2.33. The van der Waals surface area contributed by atoms with Crippen molar-refractivity contribution >= 4 is 73.7 Å². The smallest absolute Gasteiger partial charge is 0.163 e. The van der Waals surface area contributed by atoms with E-state index in [1.165, 1.54) is 0 Å². The van der Waals surface area contributed by atoms with Gasteiger partial charge in [0.15, 0.2) is -0.565 Å². The van der Waals surface area contributed by atoms with Crippen molar-refractivity contribution in [3.63, 3.8) is 0 Å². The fourth-order valence-electron chi connectivity index (χ4n) is 0. The third-order valence-electron chi connectivity index (χ3n) is 0.231. The second-order valence-corrected chi connectivity index (χ2v) is 11.8. The number of carboxylic acids is 1. The van der Waals surface area contributed by atoms with Gasteiger partial charge in [0.05, 0.1) is 5.97 Å². The first-order valence-corrected chi connectivity index (χ1v) is 4.46. The second kappa shape index (κ2) is 2.99. The van der Waals surface area contributed by atoms with E-state index in [1.807, 2.05) is 0 Å². The van der Waals surface area contributed by atoms with Gasteiger partial charge in [-0.3, -0.25) is 0 Å². The van der Waals surface area contributed by atoms with E-state index in [0.717, 1.165) is 0 Å². The maximum atomic E-state index is 9.89. The Morgan fingerprint density at radius 1 is 1.43 bits per heavy atom. The molecule has 42 valence electrons. The summed E-state index contributed by atoms with van der Waals surface area (Å²) < 4.78 is -0.784. The summed E-state index contributed by atoms with van der Waals surface area (Å²) >= 11 is 5.33. The Kier molecular flexibility index (Phi) is 3.70. The molecule has 0 aliphatic carbocycles. The molecule has 0 aromatic carbocycles. The Bertz CT molecular complexity index is 83.4. The van der Waals surface area contributed by atoms with Crippen molar-refractivity contribution in [1.82, 2.24) is 0 Å². The van der Waals surface area contributed by atoms with E-state index >= 15 is 0 Å². The molecule has 0 unspecified atom stereocenters. The van der Waals surface area contributed by atoms with Gasteiger partial charge in [0.1, 0.15) is 0 Å². The highest BCUT2D eigenvalue weighted by molar-refractivity contribution is 14.3. The van der Waals surface area contributed by atoms with Crippen LogP contribution in [0, 0.1) is 0 Å². The Morgan fingerprint density at radius 2 is 1.57 bits per heavy atom. The van der Waals surface area contributed by atoms with Gasteiger partial charge < -0.3 is 9.90 Å². The standard InChI is InChI=1S/C2HI3O2/c3-2(4,5)1(6)7/h(H,6,7)/p-1. The Balaban J connectivity index is 3.79. The summed E-state index contributed by atoms with van der Waals surface area (Å²) in [5.74, 6) is -1.05. The molecule has 0 radical (unpaired) electrons. The van der Waals surface area contributed by atoms with E-state index < -0.39 is 5.40 Å². The van der Waals surface area contributed by atoms with Crippen LogP contribution in [-0.2, 0) is 4.79 Å². The van der Waals surface area contributed by atoms with Crippen LogP contribution in [0.2, 0.25) is 0 Å². The molecule has 0 aromatic rings. The number of aliphatic carboxylic acids is 1. The number of carboxylic acid groups (broad SMARTS) is 1. The molecule has 0 fully saturated rings. The summed E-state index contributed by atoms with van der Waals surface area (Å²) in [7, 11) is 0. The predicted octanol–water partition coefficient (Wildman–Crippen LogP) is 0.695. The molecule has 0 bridgehead atoms. The van der Waals surface area contributed by atoms with Crippen molar-refractivity contribution in [2.24, 2.45) is 0 Å². The van der Waals surface area contributed by atoms with Crippen LogP contribution in [0.3, 0.4) is 0 Å². The first-order valence-electron chi connectivity index (χ1n) is 1.23. The molecule has 0 aromatic heterocycles. The minimum atomic E-state index is -1.05. The molecule has 5 heteroatoms. The van der Waals surface area contributed by atoms with Crippen LogP contribution in [0.15, 0.2) is 0 Å². The number of carbonyl (C=O) groups excluding carboxylic acids is 1. The predicted molar refractivity (Wildman–Crippen MR) is 49.8 cm³/mol. The summed E-state index contributed by atoms with van der Waals surface area (Å²) in [6.07, 6.45) is 0. The first-order chi connectivity index (χ1) is 2.94. The van der Waals surface area contributed by atoms with Crippen LogP contribution in [0.25, 0.3) is 0 Å². The average molecular weight is 437 g/mol. The normalized spacial score (nSPS) is 11.3. The lowest BCUT2D eigenvalue weighted by atomic mass is 10.8. The van der Waals surface area contributed by atoms with Crippen LogP contribution < -0.4 is 5.11 Å². The maximum Gasteiger partial charge on any atom is 0.163 e. The molecule has 0 saturated carbocycles. The number of alkyl halides is 3. The Hall–Kier alpha value is 1.66. The number of hydrogen-bond donors (Lipinski definition) is 0. The van der Waals surface area contributed by atoms with Gasteiger partial charge in [-0.05, 0) is 67.8 Å². The summed E-state index contributed by atoms with van der Waals surface area (Å²) in [5.41, 5.74) is 0. The summed E-state index contributed by atoms with van der Waals surface area (Å²) in [6, 6.07) is 0.